The molecule has 0 spiro atoms. The van der Waals surface area contributed by atoms with Gasteiger partial charge in [0.05, 0.1) is 6.10 Å². The van der Waals surface area contributed by atoms with Crippen LogP contribution in [0.25, 0.3) is 0 Å². The minimum Gasteiger partial charge on any atom is -0.362 e. The van der Waals surface area contributed by atoms with Gasteiger partial charge in [-0.2, -0.15) is 0 Å². The first-order chi connectivity index (χ1) is 9.30. The van der Waals surface area contributed by atoms with Gasteiger partial charge in [0.2, 0.25) is 0 Å². The fraction of sp³-hybridized carbons (Fsp3) is 0.941. The normalized spacial score (nSPS) is 28.4. The Morgan fingerprint density at radius 2 is 1.90 bits per heavy atom. The number of rotatable bonds is 7. The molecule has 1 rings (SSSR count). The number of ketones is 1. The Bertz CT molecular complexity index is 316. The summed E-state index contributed by atoms with van der Waals surface area (Å²) >= 11 is 0. The number of Topliss-reactive ketones (excluding diaryl/α,β-unsaturated/α-hetero) is 1. The van der Waals surface area contributed by atoms with Crippen molar-refractivity contribution in [3.05, 3.63) is 0 Å². The highest BCUT2D eigenvalue weighted by molar-refractivity contribution is 7.09. The van der Waals surface area contributed by atoms with E-state index in [0.717, 1.165) is 25.7 Å². The third-order valence-electron chi connectivity index (χ3n) is 5.58. The van der Waals surface area contributed by atoms with Gasteiger partial charge < -0.3 is 4.52 Å². The first kappa shape index (κ1) is 18.1. The van der Waals surface area contributed by atoms with Crippen molar-refractivity contribution >= 4 is 15.2 Å². The molecule has 20 heavy (non-hydrogen) atoms. The van der Waals surface area contributed by atoms with Gasteiger partial charge in [-0.3, -0.25) is 4.79 Å². The number of hydrogen-bond acceptors (Lipinski definition) is 2. The lowest BCUT2D eigenvalue weighted by molar-refractivity contribution is -0.125. The van der Waals surface area contributed by atoms with E-state index in [4.69, 9.17) is 4.52 Å². The first-order valence-electron chi connectivity index (χ1n) is 8.17. The predicted molar refractivity (Wildman–Crippen MR) is 88.6 cm³/mol. The molecule has 1 aliphatic carbocycles. The minimum atomic E-state index is 0.212. The zero-order chi connectivity index (χ0) is 15.3. The Kier molecular flexibility index (Phi) is 7.15. The number of carbonyl (C=O) groups is 1. The molecule has 1 fully saturated rings. The summed E-state index contributed by atoms with van der Waals surface area (Å²) in [5.74, 6) is 2.27. The van der Waals surface area contributed by atoms with E-state index in [1.807, 2.05) is 0 Å². The minimum absolute atomic E-state index is 0.212. The maximum Gasteiger partial charge on any atom is 0.133 e. The molecule has 0 bridgehead atoms. The molecule has 118 valence electrons. The monoisotopic (exact) mass is 300 g/mol. The molecule has 0 radical (unpaired) electrons. The molecule has 0 amide bonds. The van der Waals surface area contributed by atoms with Crippen LogP contribution in [-0.2, 0) is 9.32 Å². The van der Waals surface area contributed by atoms with E-state index >= 15 is 0 Å². The van der Waals surface area contributed by atoms with Crippen LogP contribution in [0.4, 0.5) is 0 Å². The summed E-state index contributed by atoms with van der Waals surface area (Å²) in [6.07, 6.45) is 6.49. The Morgan fingerprint density at radius 1 is 1.25 bits per heavy atom. The van der Waals surface area contributed by atoms with Crippen molar-refractivity contribution in [3.8, 4) is 0 Å². The molecular formula is C17H33O2P. The van der Waals surface area contributed by atoms with Gasteiger partial charge in [-0.15, -0.1) is 0 Å². The fourth-order valence-corrected chi connectivity index (χ4v) is 4.08. The van der Waals surface area contributed by atoms with Gasteiger partial charge in [-0.25, -0.2) is 0 Å². The summed E-state index contributed by atoms with van der Waals surface area (Å²) in [6, 6.07) is 0. The summed E-state index contributed by atoms with van der Waals surface area (Å²) in [5, 5.41) is 0. The van der Waals surface area contributed by atoms with Gasteiger partial charge in [0, 0.05) is 22.3 Å². The predicted octanol–water partition coefficient (Wildman–Crippen LogP) is 5.02. The van der Waals surface area contributed by atoms with Crippen LogP contribution in [0, 0.1) is 23.2 Å². The van der Waals surface area contributed by atoms with E-state index in [1.54, 1.807) is 0 Å². The van der Waals surface area contributed by atoms with Gasteiger partial charge in [-0.1, -0.05) is 34.6 Å². The van der Waals surface area contributed by atoms with Crippen LogP contribution in [0.2, 0.25) is 0 Å². The number of hydrogen-bond donors (Lipinski definition) is 0. The van der Waals surface area contributed by atoms with Crippen molar-refractivity contribution in [1.82, 2.24) is 0 Å². The average Bonchev–Trinajstić information content (AvgIpc) is 2.37. The molecule has 1 saturated carbocycles. The van der Waals surface area contributed by atoms with Crippen LogP contribution in [0.5, 0.6) is 0 Å². The molecule has 3 heteroatoms. The molecule has 5 atom stereocenters. The Hall–Kier alpha value is 0.0600. The summed E-state index contributed by atoms with van der Waals surface area (Å²) in [5.41, 5.74) is 0.212. The molecule has 0 N–H and O–H groups in total. The van der Waals surface area contributed by atoms with Gasteiger partial charge in [0.1, 0.15) is 5.78 Å². The number of carbonyl (C=O) groups excluding carboxylic acids is 1. The lowest BCUT2D eigenvalue weighted by Gasteiger charge is -2.41. The van der Waals surface area contributed by atoms with Gasteiger partial charge in [0.25, 0.3) is 0 Å². The van der Waals surface area contributed by atoms with Gasteiger partial charge in [-0.05, 0) is 48.9 Å². The summed E-state index contributed by atoms with van der Waals surface area (Å²) in [7, 11) is 2.41. The average molecular weight is 300 g/mol. The largest absolute Gasteiger partial charge is 0.362 e. The Labute approximate surface area is 127 Å². The fourth-order valence-electron chi connectivity index (χ4n) is 3.63. The Balaban J connectivity index is 2.53. The zero-order valence-electron chi connectivity index (χ0n) is 13.9. The molecule has 0 heterocycles. The molecule has 0 aromatic rings. The van der Waals surface area contributed by atoms with Crippen molar-refractivity contribution in [2.45, 2.75) is 79.2 Å². The van der Waals surface area contributed by atoms with Crippen molar-refractivity contribution in [2.24, 2.45) is 23.2 Å². The Morgan fingerprint density at radius 3 is 2.40 bits per heavy atom. The van der Waals surface area contributed by atoms with Crippen LogP contribution < -0.4 is 0 Å². The van der Waals surface area contributed by atoms with Crippen molar-refractivity contribution in [3.63, 3.8) is 0 Å². The summed E-state index contributed by atoms with van der Waals surface area (Å²) in [4.78, 5) is 11.8. The quantitative estimate of drug-likeness (QED) is 0.617. The van der Waals surface area contributed by atoms with E-state index in [9.17, 15) is 4.79 Å². The van der Waals surface area contributed by atoms with Crippen LogP contribution >= 0.6 is 9.47 Å². The topological polar surface area (TPSA) is 26.3 Å². The molecule has 5 unspecified atom stereocenters. The second kappa shape index (κ2) is 7.90. The third kappa shape index (κ3) is 4.81. The van der Waals surface area contributed by atoms with E-state index in [1.165, 1.54) is 12.8 Å². The SMILES string of the molecule is CC(C)C(CCC(C)C(C)C1(C)CCCC(=O)C1)OP. The van der Waals surface area contributed by atoms with Gasteiger partial charge in [0.15, 0.2) is 0 Å². The highest BCUT2D eigenvalue weighted by Gasteiger charge is 2.38. The molecule has 2 nitrogen and oxygen atoms in total. The molecule has 0 saturated heterocycles. The van der Waals surface area contributed by atoms with Crippen molar-refractivity contribution < 1.29 is 9.32 Å². The van der Waals surface area contributed by atoms with Crippen LogP contribution in [-0.4, -0.2) is 11.9 Å². The van der Waals surface area contributed by atoms with Crippen LogP contribution in [0.15, 0.2) is 0 Å². The van der Waals surface area contributed by atoms with Crippen LogP contribution in [0.3, 0.4) is 0 Å². The highest BCUT2D eigenvalue weighted by atomic mass is 31.0. The smallest absolute Gasteiger partial charge is 0.133 e. The molecule has 0 aliphatic heterocycles. The van der Waals surface area contributed by atoms with Crippen molar-refractivity contribution in [1.29, 1.82) is 0 Å². The lowest BCUT2D eigenvalue weighted by Crippen LogP contribution is -2.35. The van der Waals surface area contributed by atoms with E-state index in [2.05, 4.69) is 44.1 Å². The molecule has 0 aromatic carbocycles. The standard InChI is InChI=1S/C17H33O2P/c1-12(2)16(19-20)9-8-13(3)14(4)17(5)10-6-7-15(18)11-17/h12-14,16H,6-11,20H2,1-5H3. The third-order valence-corrected chi connectivity index (χ3v) is 5.93. The maximum absolute atomic E-state index is 11.8. The van der Waals surface area contributed by atoms with E-state index in [-0.39, 0.29) is 5.41 Å². The summed E-state index contributed by atoms with van der Waals surface area (Å²) in [6.45, 7) is 11.4. The van der Waals surface area contributed by atoms with Gasteiger partial charge >= 0.3 is 0 Å². The van der Waals surface area contributed by atoms with Crippen LogP contribution in [0.1, 0.15) is 73.1 Å². The van der Waals surface area contributed by atoms with E-state index in [0.29, 0.717) is 29.6 Å². The van der Waals surface area contributed by atoms with E-state index < -0.39 is 0 Å². The summed E-state index contributed by atoms with van der Waals surface area (Å²) < 4.78 is 5.49. The molecule has 1 aliphatic rings. The maximum atomic E-state index is 11.8. The second-order valence-electron chi connectivity index (χ2n) is 7.48. The lowest BCUT2D eigenvalue weighted by atomic mass is 9.63. The van der Waals surface area contributed by atoms with Crippen molar-refractivity contribution in [2.75, 3.05) is 0 Å². The second-order valence-corrected chi connectivity index (χ2v) is 7.76. The molecule has 0 aromatic heterocycles. The highest BCUT2D eigenvalue weighted by Crippen LogP contribution is 2.45. The first-order valence-corrected chi connectivity index (χ1v) is 8.64. The zero-order valence-corrected chi connectivity index (χ0v) is 15.1. The molecular weight excluding hydrogens is 267 g/mol.